The predicted molar refractivity (Wildman–Crippen MR) is 83.6 cm³/mol. The van der Waals surface area contributed by atoms with E-state index < -0.39 is 0 Å². The highest BCUT2D eigenvalue weighted by Gasteiger charge is 2.21. The van der Waals surface area contributed by atoms with Gasteiger partial charge in [-0.05, 0) is 47.7 Å². The first kappa shape index (κ1) is 13.2. The van der Waals surface area contributed by atoms with Crippen molar-refractivity contribution < 1.29 is 0 Å². The number of fused-ring (bicyclic) bond motifs is 1. The van der Waals surface area contributed by atoms with Crippen LogP contribution in [0.1, 0.15) is 16.7 Å². The third kappa shape index (κ3) is 3.02. The Kier molecular flexibility index (Phi) is 3.92. The first-order chi connectivity index (χ1) is 9.22. The lowest BCUT2D eigenvalue weighted by Crippen LogP contribution is -2.29. The van der Waals surface area contributed by atoms with Gasteiger partial charge < -0.3 is 5.32 Å². The molecule has 1 aliphatic carbocycles. The monoisotopic (exact) mass is 335 g/mol. The van der Waals surface area contributed by atoms with Crippen LogP contribution in [-0.4, -0.2) is 6.04 Å². The van der Waals surface area contributed by atoms with E-state index in [1.165, 1.54) is 21.2 Å². The highest BCUT2D eigenvalue weighted by molar-refractivity contribution is 9.10. The van der Waals surface area contributed by atoms with E-state index >= 15 is 0 Å². The lowest BCUT2D eigenvalue weighted by molar-refractivity contribution is 0.532. The maximum absolute atomic E-state index is 6.04. The molecule has 1 aliphatic rings. The molecule has 98 valence electrons. The van der Waals surface area contributed by atoms with E-state index in [2.05, 4.69) is 51.6 Å². The van der Waals surface area contributed by atoms with Gasteiger partial charge in [0.05, 0.1) is 0 Å². The molecule has 0 aromatic heterocycles. The normalized spacial score (nSPS) is 17.5. The molecule has 0 radical (unpaired) electrons. The largest absolute Gasteiger partial charge is 0.309 e. The summed E-state index contributed by atoms with van der Waals surface area (Å²) in [4.78, 5) is 0. The molecule has 0 fully saturated rings. The highest BCUT2D eigenvalue weighted by Crippen LogP contribution is 2.26. The Morgan fingerprint density at radius 2 is 1.89 bits per heavy atom. The highest BCUT2D eigenvalue weighted by atomic mass is 79.9. The van der Waals surface area contributed by atoms with E-state index in [1.54, 1.807) is 0 Å². The third-order valence-corrected chi connectivity index (χ3v) is 4.65. The molecule has 3 heteroatoms. The number of benzene rings is 2. The van der Waals surface area contributed by atoms with E-state index in [9.17, 15) is 0 Å². The van der Waals surface area contributed by atoms with Crippen molar-refractivity contribution in [3.63, 3.8) is 0 Å². The van der Waals surface area contributed by atoms with Gasteiger partial charge in [-0.25, -0.2) is 0 Å². The Hall–Kier alpha value is -0.830. The minimum atomic E-state index is 0.514. The molecule has 0 spiro atoms. The van der Waals surface area contributed by atoms with Crippen LogP contribution in [-0.2, 0) is 19.4 Å². The molecule has 19 heavy (non-hydrogen) atoms. The molecule has 0 aliphatic heterocycles. The second-order valence-corrected chi connectivity index (χ2v) is 6.28. The first-order valence-corrected chi connectivity index (χ1v) is 7.63. The van der Waals surface area contributed by atoms with Crippen LogP contribution < -0.4 is 5.32 Å². The summed E-state index contributed by atoms with van der Waals surface area (Å²) in [6.45, 7) is 0.897. The van der Waals surface area contributed by atoms with Gasteiger partial charge in [0.25, 0.3) is 0 Å². The van der Waals surface area contributed by atoms with Crippen molar-refractivity contribution in [2.75, 3.05) is 0 Å². The molecule has 1 N–H and O–H groups in total. The number of nitrogens with one attached hydrogen (secondary N) is 1. The summed E-state index contributed by atoms with van der Waals surface area (Å²) in [5.74, 6) is 0. The molecule has 0 saturated heterocycles. The zero-order chi connectivity index (χ0) is 13.2. The van der Waals surface area contributed by atoms with Crippen LogP contribution in [0.15, 0.2) is 46.9 Å². The molecule has 2 aromatic carbocycles. The van der Waals surface area contributed by atoms with Gasteiger partial charge in [-0.1, -0.05) is 51.8 Å². The van der Waals surface area contributed by atoms with Gasteiger partial charge in [0.2, 0.25) is 0 Å². The second-order valence-electron chi connectivity index (χ2n) is 4.99. The van der Waals surface area contributed by atoms with E-state index in [-0.39, 0.29) is 0 Å². The molecular weight excluding hydrogens is 322 g/mol. The molecule has 0 bridgehead atoms. The summed E-state index contributed by atoms with van der Waals surface area (Å²) in [6, 6.07) is 15.1. The number of rotatable bonds is 3. The van der Waals surface area contributed by atoms with Crippen molar-refractivity contribution in [1.29, 1.82) is 0 Å². The standard InChI is InChI=1S/C16H15BrClN/c17-16-4-2-1-3-12(16)10-19-15-8-11-5-6-14(18)7-13(11)9-15/h1-7,15,19H,8-10H2. The van der Waals surface area contributed by atoms with Gasteiger partial charge >= 0.3 is 0 Å². The van der Waals surface area contributed by atoms with Crippen molar-refractivity contribution in [2.45, 2.75) is 25.4 Å². The van der Waals surface area contributed by atoms with E-state index in [1.807, 2.05) is 12.1 Å². The average Bonchev–Trinajstić information content (AvgIpc) is 2.79. The van der Waals surface area contributed by atoms with Crippen molar-refractivity contribution >= 4 is 27.5 Å². The Labute approximate surface area is 127 Å². The lowest BCUT2D eigenvalue weighted by Gasteiger charge is -2.12. The maximum Gasteiger partial charge on any atom is 0.0408 e. The first-order valence-electron chi connectivity index (χ1n) is 6.46. The Morgan fingerprint density at radius 3 is 2.74 bits per heavy atom. The minimum Gasteiger partial charge on any atom is -0.309 e. The fraction of sp³-hybridized carbons (Fsp3) is 0.250. The molecule has 1 unspecified atom stereocenters. The van der Waals surface area contributed by atoms with E-state index in [0.29, 0.717) is 6.04 Å². The lowest BCUT2D eigenvalue weighted by atomic mass is 10.1. The molecule has 2 aromatic rings. The summed E-state index contributed by atoms with van der Waals surface area (Å²) in [5, 5.41) is 4.47. The smallest absolute Gasteiger partial charge is 0.0408 e. The van der Waals surface area contributed by atoms with Crippen LogP contribution in [0.2, 0.25) is 5.02 Å². The quantitative estimate of drug-likeness (QED) is 0.878. The van der Waals surface area contributed by atoms with Crippen molar-refractivity contribution in [3.8, 4) is 0 Å². The Bertz CT molecular complexity index is 597. The molecule has 0 heterocycles. The average molecular weight is 337 g/mol. The zero-order valence-electron chi connectivity index (χ0n) is 10.5. The summed E-state index contributed by atoms with van der Waals surface area (Å²) < 4.78 is 1.17. The number of hydrogen-bond acceptors (Lipinski definition) is 1. The summed E-state index contributed by atoms with van der Waals surface area (Å²) >= 11 is 9.62. The Morgan fingerprint density at radius 1 is 1.11 bits per heavy atom. The molecule has 1 atom stereocenters. The van der Waals surface area contributed by atoms with Gasteiger partial charge in [-0.3, -0.25) is 0 Å². The molecule has 0 saturated carbocycles. The van der Waals surface area contributed by atoms with Crippen LogP contribution in [0.3, 0.4) is 0 Å². The van der Waals surface area contributed by atoms with Crippen LogP contribution in [0.5, 0.6) is 0 Å². The van der Waals surface area contributed by atoms with Gasteiger partial charge in [-0.2, -0.15) is 0 Å². The molecule has 0 amide bonds. The van der Waals surface area contributed by atoms with Gasteiger partial charge in [0, 0.05) is 22.1 Å². The fourth-order valence-corrected chi connectivity index (χ4v) is 3.25. The topological polar surface area (TPSA) is 12.0 Å². The summed E-state index contributed by atoms with van der Waals surface area (Å²) in [5.41, 5.74) is 4.11. The molecule has 3 rings (SSSR count). The van der Waals surface area contributed by atoms with Crippen molar-refractivity contribution in [1.82, 2.24) is 5.32 Å². The third-order valence-electron chi connectivity index (χ3n) is 3.64. The van der Waals surface area contributed by atoms with Crippen LogP contribution in [0.4, 0.5) is 0 Å². The zero-order valence-corrected chi connectivity index (χ0v) is 12.8. The van der Waals surface area contributed by atoms with Crippen LogP contribution in [0, 0.1) is 0 Å². The van der Waals surface area contributed by atoms with Crippen LogP contribution in [0.25, 0.3) is 0 Å². The Balaban J connectivity index is 1.63. The minimum absolute atomic E-state index is 0.514. The maximum atomic E-state index is 6.04. The van der Waals surface area contributed by atoms with Gasteiger partial charge in [0.1, 0.15) is 0 Å². The van der Waals surface area contributed by atoms with E-state index in [4.69, 9.17) is 11.6 Å². The predicted octanol–water partition coefficient (Wildman–Crippen LogP) is 4.36. The van der Waals surface area contributed by atoms with Crippen molar-refractivity contribution in [2.24, 2.45) is 0 Å². The molecule has 1 nitrogen and oxygen atoms in total. The van der Waals surface area contributed by atoms with Crippen molar-refractivity contribution in [3.05, 3.63) is 68.7 Å². The summed E-state index contributed by atoms with van der Waals surface area (Å²) in [7, 11) is 0. The molecular formula is C16H15BrClN. The SMILES string of the molecule is Clc1ccc2c(c1)CC(NCc1ccccc1Br)C2. The van der Waals surface area contributed by atoms with Crippen LogP contribution >= 0.6 is 27.5 Å². The van der Waals surface area contributed by atoms with E-state index in [0.717, 1.165) is 24.4 Å². The number of halogens is 2. The number of hydrogen-bond donors (Lipinski definition) is 1. The second kappa shape index (κ2) is 5.66. The van der Waals surface area contributed by atoms with Gasteiger partial charge in [0.15, 0.2) is 0 Å². The summed E-state index contributed by atoms with van der Waals surface area (Å²) in [6.07, 6.45) is 2.16. The van der Waals surface area contributed by atoms with Gasteiger partial charge in [-0.15, -0.1) is 0 Å². The fourth-order valence-electron chi connectivity index (χ4n) is 2.63.